The van der Waals surface area contributed by atoms with Crippen LogP contribution in [0, 0.1) is 0 Å². The van der Waals surface area contributed by atoms with Gasteiger partial charge in [0.2, 0.25) is 0 Å². The van der Waals surface area contributed by atoms with Crippen molar-refractivity contribution in [2.45, 2.75) is 82.2 Å². The van der Waals surface area contributed by atoms with Crippen LogP contribution < -0.4 is 53.3 Å². The first-order valence-electron chi connectivity index (χ1n) is 39.7. The molecule has 14 aromatic rings. The van der Waals surface area contributed by atoms with Crippen LogP contribution in [0.2, 0.25) is 0 Å². The number of aromatic hydroxyl groups is 2. The second kappa shape index (κ2) is 40.7. The van der Waals surface area contributed by atoms with Crippen molar-refractivity contribution in [2.24, 2.45) is 0 Å². The minimum Gasteiger partial charge on any atom is -0.505 e. The van der Waals surface area contributed by atoms with Gasteiger partial charge in [0.25, 0.3) is 23.6 Å². The number of nitrogens with one attached hydrogen (secondary N) is 2. The maximum atomic E-state index is 13.6. The molecule has 0 saturated heterocycles. The molecule has 0 fully saturated rings. The summed E-state index contributed by atoms with van der Waals surface area (Å²) < 4.78 is 163. The lowest BCUT2D eigenvalue weighted by atomic mass is 10.0. The molecule has 4 aliphatic rings. The van der Waals surface area contributed by atoms with Gasteiger partial charge in [-0.05, 0) is 155 Å². The fraction of sp³-hybridized carbons (Fsp3) is 0.208. The molecule has 0 aliphatic carbocycles. The fourth-order valence-electron chi connectivity index (χ4n) is 14.9. The Morgan fingerprint density at radius 2 is 0.662 bits per heavy atom. The molecular weight excluding hydrogens is 1790 g/mol. The molecule has 0 radical (unpaired) electrons. The molecule has 0 unspecified atom stereocenters. The first-order chi connectivity index (χ1) is 62.5. The van der Waals surface area contributed by atoms with Gasteiger partial charge in [0.15, 0.2) is 23.0 Å². The maximum absolute atomic E-state index is 13.6. The van der Waals surface area contributed by atoms with Crippen LogP contribution in [0.1, 0.15) is 114 Å². The first-order valence-corrected chi connectivity index (χ1v) is 41.3. The number of amides is 4. The highest BCUT2D eigenvalue weighted by Gasteiger charge is 2.40. The van der Waals surface area contributed by atoms with E-state index in [0.29, 0.717) is 137 Å². The van der Waals surface area contributed by atoms with E-state index < -0.39 is 41.1 Å². The second-order valence-electron chi connectivity index (χ2n) is 29.2. The molecule has 130 heavy (non-hydrogen) atoms. The molecule has 4 aromatic heterocycles. The number of pyridine rings is 4. The zero-order chi connectivity index (χ0) is 92.9. The Morgan fingerprint density at radius 1 is 0.362 bits per heavy atom. The van der Waals surface area contributed by atoms with Crippen LogP contribution in [0.4, 0.5) is 39.5 Å². The van der Waals surface area contributed by atoms with Crippen molar-refractivity contribution in [1.29, 1.82) is 0 Å². The van der Waals surface area contributed by atoms with Crippen molar-refractivity contribution < 1.29 is 112 Å². The number of carbonyl (C=O) groups excluding carboxylic acids is 4. The van der Waals surface area contributed by atoms with Gasteiger partial charge in [-0.25, -0.2) is 0 Å². The third-order valence-corrected chi connectivity index (χ3v) is 22.2. The summed E-state index contributed by atoms with van der Waals surface area (Å²) in [5.74, 6) is 4.54. The number of halogens is 11. The number of nitrogens with zero attached hydrogens (tertiary/aromatic N) is 6. The number of hydrogen-bond acceptors (Lipinski definition) is 19. The van der Waals surface area contributed by atoms with Gasteiger partial charge in [-0.15, -0.1) is 11.6 Å². The van der Waals surface area contributed by atoms with Gasteiger partial charge in [0.05, 0.1) is 102 Å². The number of phenols is 2. The molecule has 0 bridgehead atoms. The Bertz CT molecular complexity index is 6460. The summed E-state index contributed by atoms with van der Waals surface area (Å²) in [6, 6.07) is 51.6. The first kappa shape index (κ1) is 93.3. The number of hydrogen-bond donors (Lipinski definition) is 4. The molecule has 672 valence electrons. The molecule has 4 amide bonds. The molecule has 18 rings (SSSR count). The van der Waals surface area contributed by atoms with Crippen LogP contribution in [0.15, 0.2) is 219 Å². The Morgan fingerprint density at radius 3 is 1.02 bits per heavy atom. The fourth-order valence-corrected chi connectivity index (χ4v) is 15.5. The highest BCUT2D eigenvalue weighted by Crippen LogP contribution is 2.49. The van der Waals surface area contributed by atoms with E-state index in [1.165, 1.54) is 61.7 Å². The van der Waals surface area contributed by atoms with E-state index in [-0.39, 0.29) is 78.7 Å². The molecule has 0 atom stereocenters. The predicted octanol–water partition coefficient (Wildman–Crippen LogP) is 20.4. The number of carbonyl (C=O) groups is 4. The van der Waals surface area contributed by atoms with Crippen LogP contribution in [-0.2, 0) is 82.2 Å². The van der Waals surface area contributed by atoms with Crippen molar-refractivity contribution in [2.75, 3.05) is 49.8 Å². The number of rotatable bonds is 19. The minimum atomic E-state index is -4.42. The Kier molecular flexibility index (Phi) is 29.2. The van der Waals surface area contributed by atoms with Crippen molar-refractivity contribution in [3.63, 3.8) is 0 Å². The summed E-state index contributed by atoms with van der Waals surface area (Å²) in [6.07, 6.45) is -6.69. The molecule has 0 saturated carbocycles. The van der Waals surface area contributed by atoms with Gasteiger partial charge in [-0.2, -0.15) is 39.5 Å². The molecule has 23 nitrogen and oxygen atoms in total. The predicted molar refractivity (Wildman–Crippen MR) is 470 cm³/mol. The van der Waals surface area contributed by atoms with E-state index in [4.69, 9.17) is 54.2 Å². The largest absolute Gasteiger partial charge is 0.505 e. The molecule has 4 N–H and O–H groups in total. The summed E-state index contributed by atoms with van der Waals surface area (Å²) in [5, 5.41) is 29.6. The summed E-state index contributed by atoms with van der Waals surface area (Å²) in [5.41, 5.74) is 8.55. The third kappa shape index (κ3) is 20.4. The molecule has 8 heterocycles. The summed E-state index contributed by atoms with van der Waals surface area (Å²) in [4.78, 5) is 70.7. The van der Waals surface area contributed by atoms with Crippen LogP contribution in [0.5, 0.6) is 63.2 Å². The van der Waals surface area contributed by atoms with Crippen LogP contribution >= 0.6 is 27.5 Å². The highest BCUT2D eigenvalue weighted by molar-refractivity contribution is 9.08. The SMILES string of the molecule is COc1c2c(c(O)c3ncccc13)C(=O)N(Cc1ccc(C(F)(F)F)cc1)C2.COc1c2c(c(O)c3ncccc13)C(=O)NC2.COc1ccc(CCl)cc1.COc1ccc(COc2c3c(c(OC)c4cccnc24)CN(Cc2ccc(C(F)(F)F)cc2)C3=O)cc1.COc1ccc(COc2c3c(c(OC)c4cccnc24)CNC3=O)cc1.FC(F)(F)c1ccc(CBr)cc1. The van der Waals surface area contributed by atoms with Crippen molar-refractivity contribution >= 4 is 94.8 Å². The van der Waals surface area contributed by atoms with Gasteiger partial charge in [0, 0.05) is 106 Å². The lowest BCUT2D eigenvalue weighted by Crippen LogP contribution is -2.23. The van der Waals surface area contributed by atoms with Crippen molar-refractivity contribution in [3.8, 4) is 63.2 Å². The zero-order valence-corrected chi connectivity index (χ0v) is 72.7. The van der Waals surface area contributed by atoms with Crippen LogP contribution in [0.3, 0.4) is 0 Å². The second-order valence-corrected chi connectivity index (χ2v) is 30.0. The lowest BCUT2D eigenvalue weighted by Gasteiger charge is -2.16. The standard InChI is InChI=1S/C28H23F3N2O4.C20H15F3N2O3.C20H18N2O4.C12H10N2O3.C8H6BrF3.C8H9ClO/c1-35-20-11-7-18(8-12-20)16-37-26-23-22(25(36-2)21-4-3-13-32-24(21)26)15-33(27(23)34)14-17-5-9-19(10-6-17)28(29,30)31;1-28-18-13-3-2-8-24-16(13)17(26)15-14(18)10-25(19(15)27)9-11-4-6-12(7-5-11)20(21,22)23;1-24-13-7-5-12(6-8-13)11-26-19-16-15(10-22-20(16)23)18(25-2)14-4-3-9-21-17(14)19;1-17-11-6-3-2-4-13-9(6)10(15)8-7(11)5-14-12(8)16;9-5-6-1-3-7(4-2-6)8(10,11)12;1-10-8-4-2-7(6-9)3-5-8/h3-13H,14-16H2,1-2H3;2-8,26H,9-10H2,1H3;3-9H,10-11H2,1-2H3,(H,22,23);2-4,15H,5H2,1H3,(H,14,16);1-4H,5H2;2-5H,6H2,1H3. The Hall–Kier alpha value is -14.3. The van der Waals surface area contributed by atoms with E-state index in [9.17, 15) is 68.9 Å². The van der Waals surface area contributed by atoms with Crippen LogP contribution in [-0.4, -0.2) is 113 Å². The van der Waals surface area contributed by atoms with Crippen LogP contribution in [0.25, 0.3) is 43.6 Å². The summed E-state index contributed by atoms with van der Waals surface area (Å²) >= 11 is 8.73. The van der Waals surface area contributed by atoms with Gasteiger partial charge < -0.3 is 73.3 Å². The quantitative estimate of drug-likeness (QED) is 0.0432. The molecule has 0 spiro atoms. The zero-order valence-electron chi connectivity index (χ0n) is 70.4. The smallest absolute Gasteiger partial charge is 0.416 e. The van der Waals surface area contributed by atoms with E-state index in [1.54, 1.807) is 83.3 Å². The van der Waals surface area contributed by atoms with Crippen molar-refractivity contribution in [3.05, 3.63) is 313 Å². The highest BCUT2D eigenvalue weighted by atomic mass is 79.9. The van der Waals surface area contributed by atoms with E-state index >= 15 is 0 Å². The number of aromatic nitrogens is 4. The number of benzene rings is 10. The number of methoxy groups -OCH3 is 7. The average Bonchev–Trinajstić information content (AvgIpc) is 1.58. The maximum Gasteiger partial charge on any atom is 0.416 e. The molecule has 34 heteroatoms. The molecule has 4 aliphatic heterocycles. The Balaban J connectivity index is 0.000000140. The number of fused-ring (bicyclic) bond motifs is 8. The Labute approximate surface area is 751 Å². The van der Waals surface area contributed by atoms with Gasteiger partial charge in [-0.1, -0.05) is 88.7 Å². The lowest BCUT2D eigenvalue weighted by molar-refractivity contribution is -0.138. The van der Waals surface area contributed by atoms with Gasteiger partial charge in [-0.3, -0.25) is 39.1 Å². The van der Waals surface area contributed by atoms with E-state index in [0.717, 1.165) is 86.9 Å². The third-order valence-electron chi connectivity index (χ3n) is 21.3. The van der Waals surface area contributed by atoms with Crippen molar-refractivity contribution in [1.82, 2.24) is 40.4 Å². The number of alkyl halides is 11. The van der Waals surface area contributed by atoms with E-state index in [2.05, 4.69) is 46.5 Å². The molecule has 10 aromatic carbocycles. The summed E-state index contributed by atoms with van der Waals surface area (Å²) in [6.45, 7) is 1.95. The molecular formula is C96H81BrClF9N8O15. The monoisotopic (exact) mass is 1870 g/mol. The van der Waals surface area contributed by atoms with E-state index in [1.807, 2.05) is 97.1 Å². The summed E-state index contributed by atoms with van der Waals surface area (Å²) in [7, 11) is 11.0. The number of ether oxygens (including phenoxy) is 9. The van der Waals surface area contributed by atoms with Gasteiger partial charge in [0.1, 0.15) is 75.5 Å². The number of phenolic OH excluding ortho intramolecular Hbond substituents is 2. The average molecular weight is 1870 g/mol. The minimum absolute atomic E-state index is 0.0774. The normalized spacial score (nSPS) is 12.8. The van der Waals surface area contributed by atoms with Gasteiger partial charge >= 0.3 is 18.5 Å². The topological polar surface area (TPSA) is 274 Å².